The number of nitrogens with one attached hydrogen (secondary N) is 1. The number of para-hydroxylation sites is 1. The van der Waals surface area contributed by atoms with Gasteiger partial charge in [0.25, 0.3) is 11.8 Å². The second kappa shape index (κ2) is 6.84. The van der Waals surface area contributed by atoms with E-state index in [9.17, 15) is 29.9 Å². The SMILES string of the molecule is O=C1NC(=S)N(c2ccccc2)C(=O)/C1=C\c1cc([N+](=O)[O-])c(O)cc1O. The summed E-state index contributed by atoms with van der Waals surface area (Å²) in [5.74, 6) is -2.85. The van der Waals surface area contributed by atoms with Gasteiger partial charge in [-0.05, 0) is 30.4 Å². The van der Waals surface area contributed by atoms with E-state index in [0.717, 1.165) is 23.1 Å². The predicted molar refractivity (Wildman–Crippen MR) is 99.1 cm³/mol. The molecule has 9 nitrogen and oxygen atoms in total. The van der Waals surface area contributed by atoms with E-state index in [0.29, 0.717) is 5.69 Å². The van der Waals surface area contributed by atoms with Crippen molar-refractivity contribution in [3.05, 3.63) is 63.7 Å². The number of nitro groups is 1. The smallest absolute Gasteiger partial charge is 0.311 e. The van der Waals surface area contributed by atoms with E-state index in [1.165, 1.54) is 0 Å². The lowest BCUT2D eigenvalue weighted by atomic mass is 10.1. The highest BCUT2D eigenvalue weighted by atomic mass is 32.1. The molecule has 1 saturated heterocycles. The molecule has 2 aromatic carbocycles. The molecule has 3 N–H and O–H groups in total. The van der Waals surface area contributed by atoms with Crippen LogP contribution in [0.15, 0.2) is 48.0 Å². The fourth-order valence-corrected chi connectivity index (χ4v) is 2.75. The maximum atomic E-state index is 12.8. The highest BCUT2D eigenvalue weighted by Gasteiger charge is 2.34. The number of nitrogens with zero attached hydrogens (tertiary/aromatic N) is 2. The van der Waals surface area contributed by atoms with Crippen molar-refractivity contribution in [3.8, 4) is 11.5 Å². The number of benzene rings is 2. The standard InChI is InChI=1S/C17H11N3O6S/c21-13-8-14(22)12(20(25)26)7-9(13)6-11-15(23)18-17(27)19(16(11)24)10-4-2-1-3-5-10/h1-8,21-22H,(H,18,23,27)/b11-6-. The number of phenolic OH excluding ortho intramolecular Hbond substituents is 2. The molecule has 0 saturated carbocycles. The minimum atomic E-state index is -0.856. The van der Waals surface area contributed by atoms with Crippen molar-refractivity contribution in [1.29, 1.82) is 0 Å². The van der Waals surface area contributed by atoms with Gasteiger partial charge in [-0.25, -0.2) is 0 Å². The Morgan fingerprint density at radius 1 is 1.11 bits per heavy atom. The average molecular weight is 385 g/mol. The highest BCUT2D eigenvalue weighted by Crippen LogP contribution is 2.34. The maximum Gasteiger partial charge on any atom is 0.311 e. The predicted octanol–water partition coefficient (Wildman–Crippen LogP) is 1.84. The van der Waals surface area contributed by atoms with Crippen molar-refractivity contribution in [2.24, 2.45) is 0 Å². The molecule has 27 heavy (non-hydrogen) atoms. The number of anilines is 1. The molecule has 1 heterocycles. The molecule has 0 aliphatic carbocycles. The van der Waals surface area contributed by atoms with Crippen molar-refractivity contribution in [2.45, 2.75) is 0 Å². The van der Waals surface area contributed by atoms with Crippen LogP contribution in [0, 0.1) is 10.1 Å². The summed E-state index contributed by atoms with van der Waals surface area (Å²) in [7, 11) is 0. The molecule has 0 aromatic heterocycles. The van der Waals surface area contributed by atoms with E-state index in [1.807, 2.05) is 0 Å². The average Bonchev–Trinajstić information content (AvgIpc) is 2.60. The molecule has 0 radical (unpaired) electrons. The molecule has 1 fully saturated rings. The lowest BCUT2D eigenvalue weighted by molar-refractivity contribution is -0.385. The van der Waals surface area contributed by atoms with Crippen LogP contribution in [0.1, 0.15) is 5.56 Å². The van der Waals surface area contributed by atoms with Gasteiger partial charge >= 0.3 is 5.69 Å². The zero-order valence-electron chi connectivity index (χ0n) is 13.4. The fraction of sp³-hybridized carbons (Fsp3) is 0. The van der Waals surface area contributed by atoms with Gasteiger partial charge in [-0.15, -0.1) is 0 Å². The van der Waals surface area contributed by atoms with Gasteiger partial charge in [0.05, 0.1) is 10.6 Å². The van der Waals surface area contributed by atoms with Gasteiger partial charge in [0.2, 0.25) is 0 Å². The van der Waals surface area contributed by atoms with E-state index in [2.05, 4.69) is 5.32 Å². The van der Waals surface area contributed by atoms with Crippen LogP contribution in [-0.4, -0.2) is 32.1 Å². The number of hydrogen-bond acceptors (Lipinski definition) is 7. The first-order valence-corrected chi connectivity index (χ1v) is 7.87. The summed E-state index contributed by atoms with van der Waals surface area (Å²) in [5, 5.41) is 32.7. The van der Waals surface area contributed by atoms with Gasteiger partial charge in [0, 0.05) is 17.7 Å². The van der Waals surface area contributed by atoms with E-state index in [-0.39, 0.29) is 16.2 Å². The first-order valence-electron chi connectivity index (χ1n) is 7.46. The number of carbonyl (C=O) groups excluding carboxylic acids is 2. The van der Waals surface area contributed by atoms with Crippen LogP contribution in [0.4, 0.5) is 11.4 Å². The summed E-state index contributed by atoms with van der Waals surface area (Å²) in [6, 6.07) is 9.95. The lowest BCUT2D eigenvalue weighted by Crippen LogP contribution is -2.54. The minimum Gasteiger partial charge on any atom is -0.507 e. The molecule has 3 rings (SSSR count). The number of carbonyl (C=O) groups is 2. The van der Waals surface area contributed by atoms with Crippen LogP contribution >= 0.6 is 12.2 Å². The summed E-state index contributed by atoms with van der Waals surface area (Å²) in [6.45, 7) is 0. The van der Waals surface area contributed by atoms with Crippen LogP contribution in [0.2, 0.25) is 0 Å². The summed E-state index contributed by atoms with van der Waals surface area (Å²) < 4.78 is 0. The van der Waals surface area contributed by atoms with Crippen LogP contribution in [0.3, 0.4) is 0 Å². The van der Waals surface area contributed by atoms with E-state index < -0.39 is 33.9 Å². The number of thiocarbonyl (C=S) groups is 1. The van der Waals surface area contributed by atoms with Crippen LogP contribution in [-0.2, 0) is 9.59 Å². The maximum absolute atomic E-state index is 12.8. The summed E-state index contributed by atoms with van der Waals surface area (Å²) >= 11 is 5.05. The van der Waals surface area contributed by atoms with E-state index in [4.69, 9.17) is 12.2 Å². The Labute approximate surface area is 157 Å². The van der Waals surface area contributed by atoms with Crippen molar-refractivity contribution >= 4 is 46.6 Å². The third-order valence-electron chi connectivity index (χ3n) is 3.74. The van der Waals surface area contributed by atoms with Crippen LogP contribution < -0.4 is 10.2 Å². The number of phenols is 2. The van der Waals surface area contributed by atoms with Crippen LogP contribution in [0.5, 0.6) is 11.5 Å². The van der Waals surface area contributed by atoms with Gasteiger partial charge in [0.15, 0.2) is 10.9 Å². The molecule has 1 aliphatic heterocycles. The summed E-state index contributed by atoms with van der Waals surface area (Å²) in [5.41, 5.74) is -0.834. The topological polar surface area (TPSA) is 133 Å². The second-order valence-corrected chi connectivity index (χ2v) is 5.84. The minimum absolute atomic E-state index is 0.116. The molecule has 1 aliphatic rings. The summed E-state index contributed by atoms with van der Waals surface area (Å²) in [4.78, 5) is 36.2. The number of aromatic hydroxyl groups is 2. The monoisotopic (exact) mass is 385 g/mol. The Hall–Kier alpha value is -3.79. The zero-order chi connectivity index (χ0) is 19.7. The third kappa shape index (κ3) is 3.33. The highest BCUT2D eigenvalue weighted by molar-refractivity contribution is 7.80. The molecule has 10 heteroatoms. The number of amides is 2. The first-order chi connectivity index (χ1) is 12.8. The van der Waals surface area contributed by atoms with Gasteiger partial charge in [-0.2, -0.15) is 0 Å². The molecule has 2 aromatic rings. The Kier molecular flexibility index (Phi) is 4.57. The van der Waals surface area contributed by atoms with Crippen molar-refractivity contribution in [1.82, 2.24) is 5.32 Å². The second-order valence-electron chi connectivity index (χ2n) is 5.45. The van der Waals surface area contributed by atoms with E-state index >= 15 is 0 Å². The molecule has 2 amide bonds. The van der Waals surface area contributed by atoms with Crippen LogP contribution in [0.25, 0.3) is 6.08 Å². The first kappa shape index (κ1) is 18.0. The van der Waals surface area contributed by atoms with Gasteiger partial charge in [0.1, 0.15) is 11.3 Å². The molecule has 0 atom stereocenters. The van der Waals surface area contributed by atoms with Gasteiger partial charge in [-0.3, -0.25) is 29.9 Å². The van der Waals surface area contributed by atoms with Crippen molar-refractivity contribution in [2.75, 3.05) is 4.90 Å². The Bertz CT molecular complexity index is 1020. The quantitative estimate of drug-likeness (QED) is 0.241. The Balaban J connectivity index is 2.09. The van der Waals surface area contributed by atoms with Gasteiger partial charge < -0.3 is 10.2 Å². The number of hydrogen-bond donors (Lipinski definition) is 3. The van der Waals surface area contributed by atoms with Crippen molar-refractivity contribution < 1.29 is 24.7 Å². The number of nitro benzene ring substituents is 1. The molecule has 0 bridgehead atoms. The van der Waals surface area contributed by atoms with E-state index in [1.54, 1.807) is 30.3 Å². The Morgan fingerprint density at radius 3 is 2.41 bits per heavy atom. The number of rotatable bonds is 3. The molecule has 0 unspecified atom stereocenters. The molecule has 136 valence electrons. The largest absolute Gasteiger partial charge is 0.507 e. The fourth-order valence-electron chi connectivity index (χ4n) is 2.47. The van der Waals surface area contributed by atoms with Gasteiger partial charge in [-0.1, -0.05) is 18.2 Å². The molecular weight excluding hydrogens is 374 g/mol. The summed E-state index contributed by atoms with van der Waals surface area (Å²) in [6.07, 6.45) is 0.997. The normalized spacial score (nSPS) is 15.8. The molecular formula is C17H11N3O6S. The molecule has 0 spiro atoms. The lowest BCUT2D eigenvalue weighted by Gasteiger charge is -2.28. The van der Waals surface area contributed by atoms with Crippen molar-refractivity contribution in [3.63, 3.8) is 0 Å². The third-order valence-corrected chi connectivity index (χ3v) is 4.02. The zero-order valence-corrected chi connectivity index (χ0v) is 14.3. The Morgan fingerprint density at radius 2 is 1.78 bits per heavy atom.